The fourth-order valence-electron chi connectivity index (χ4n) is 1.86. The number of benzene rings is 1. The van der Waals surface area contributed by atoms with Crippen molar-refractivity contribution < 1.29 is 23.0 Å². The first-order valence-electron chi connectivity index (χ1n) is 7.60. The van der Waals surface area contributed by atoms with E-state index < -0.39 is 17.5 Å². The van der Waals surface area contributed by atoms with Crippen LogP contribution in [0.3, 0.4) is 0 Å². The summed E-state index contributed by atoms with van der Waals surface area (Å²) < 4.78 is 37.2. The molecule has 0 saturated carbocycles. The molecule has 2 aromatic rings. The summed E-state index contributed by atoms with van der Waals surface area (Å²) in [7, 11) is 0. The molecule has 25 heavy (non-hydrogen) atoms. The monoisotopic (exact) mass is 349 g/mol. The summed E-state index contributed by atoms with van der Waals surface area (Å²) in [6.07, 6.45) is 3.59. The van der Waals surface area contributed by atoms with Gasteiger partial charge in [0.2, 0.25) is 11.8 Å². The van der Waals surface area contributed by atoms with Crippen molar-refractivity contribution in [1.29, 1.82) is 0 Å². The van der Waals surface area contributed by atoms with Gasteiger partial charge in [-0.05, 0) is 38.1 Å². The number of amides is 1. The number of anilines is 1. The third kappa shape index (κ3) is 5.23. The highest BCUT2D eigenvalue weighted by atomic mass is 19.1. The third-order valence-corrected chi connectivity index (χ3v) is 2.92. The van der Waals surface area contributed by atoms with Crippen LogP contribution in [0.5, 0.6) is 11.9 Å². The number of hydrogen-bond donors (Lipinski definition) is 1. The molecule has 1 aromatic carbocycles. The van der Waals surface area contributed by atoms with Gasteiger partial charge in [0.05, 0.1) is 19.4 Å². The molecule has 1 heterocycles. The Morgan fingerprint density at radius 3 is 2.72 bits per heavy atom. The summed E-state index contributed by atoms with van der Waals surface area (Å²) in [6.45, 7) is 4.27. The first-order chi connectivity index (χ1) is 12.0. The van der Waals surface area contributed by atoms with Crippen molar-refractivity contribution in [3.8, 4) is 11.9 Å². The lowest BCUT2D eigenvalue weighted by atomic mass is 10.2. The molecule has 1 amide bonds. The number of carbonyl (C=O) groups excluding carboxylic acids is 1. The summed E-state index contributed by atoms with van der Waals surface area (Å²) >= 11 is 0. The topological polar surface area (TPSA) is 73.3 Å². The Balaban J connectivity index is 2.14. The van der Waals surface area contributed by atoms with Crippen molar-refractivity contribution in [2.45, 2.75) is 13.8 Å². The SMILES string of the molecule is CCOc1ncc(NC(=O)/C=C/c2cc(F)ccc2F)c(OCC)n1. The minimum atomic E-state index is -0.634. The highest BCUT2D eigenvalue weighted by Gasteiger charge is 2.11. The van der Waals surface area contributed by atoms with Gasteiger partial charge in [-0.25, -0.2) is 13.8 Å². The van der Waals surface area contributed by atoms with Crippen molar-refractivity contribution in [3.63, 3.8) is 0 Å². The normalized spacial score (nSPS) is 10.7. The van der Waals surface area contributed by atoms with Crippen LogP contribution in [-0.2, 0) is 4.79 Å². The molecular weight excluding hydrogens is 332 g/mol. The number of nitrogens with one attached hydrogen (secondary N) is 1. The average molecular weight is 349 g/mol. The predicted octanol–water partition coefficient (Wildman–Crippen LogP) is 3.20. The van der Waals surface area contributed by atoms with Crippen LogP contribution < -0.4 is 14.8 Å². The standard InChI is InChI=1S/C17H17F2N3O3/c1-3-24-16-14(10-20-17(22-16)25-4-2)21-15(23)8-5-11-9-12(18)6-7-13(11)19/h5-10H,3-4H2,1-2H3,(H,21,23)/b8-5+. The minimum absolute atomic E-state index is 0.0388. The van der Waals surface area contributed by atoms with E-state index >= 15 is 0 Å². The number of ether oxygens (including phenoxy) is 2. The smallest absolute Gasteiger partial charge is 0.319 e. The fourth-order valence-corrected chi connectivity index (χ4v) is 1.86. The highest BCUT2D eigenvalue weighted by molar-refractivity contribution is 6.02. The minimum Gasteiger partial charge on any atom is -0.476 e. The molecule has 0 spiro atoms. The number of nitrogens with zero attached hydrogens (tertiary/aromatic N) is 2. The first-order valence-corrected chi connectivity index (χ1v) is 7.60. The van der Waals surface area contributed by atoms with E-state index in [9.17, 15) is 13.6 Å². The van der Waals surface area contributed by atoms with Gasteiger partial charge in [0.25, 0.3) is 0 Å². The third-order valence-electron chi connectivity index (χ3n) is 2.92. The molecule has 0 atom stereocenters. The molecule has 0 radical (unpaired) electrons. The molecule has 1 N–H and O–H groups in total. The molecule has 8 heteroatoms. The summed E-state index contributed by atoms with van der Waals surface area (Å²) in [5.41, 5.74) is 0.197. The molecule has 0 aliphatic carbocycles. The van der Waals surface area contributed by atoms with Gasteiger partial charge in [-0.2, -0.15) is 4.98 Å². The van der Waals surface area contributed by atoms with Crippen LogP contribution in [0.15, 0.2) is 30.5 Å². The lowest BCUT2D eigenvalue weighted by molar-refractivity contribution is -0.111. The number of halogens is 2. The van der Waals surface area contributed by atoms with Crippen LogP contribution in [0, 0.1) is 11.6 Å². The molecule has 0 unspecified atom stereocenters. The number of aromatic nitrogens is 2. The zero-order chi connectivity index (χ0) is 18.2. The second-order valence-corrected chi connectivity index (χ2v) is 4.73. The first kappa shape index (κ1) is 18.3. The summed E-state index contributed by atoms with van der Waals surface area (Å²) in [5, 5.41) is 2.52. The van der Waals surface area contributed by atoms with Crippen molar-refractivity contribution in [3.05, 3.63) is 47.7 Å². The maximum Gasteiger partial charge on any atom is 0.319 e. The molecule has 0 saturated heterocycles. The molecule has 0 aliphatic heterocycles. The van der Waals surface area contributed by atoms with E-state index in [1.165, 1.54) is 12.3 Å². The maximum absolute atomic E-state index is 13.5. The van der Waals surface area contributed by atoms with Gasteiger partial charge in [-0.15, -0.1) is 0 Å². The van der Waals surface area contributed by atoms with Gasteiger partial charge in [0.1, 0.15) is 17.3 Å². The van der Waals surface area contributed by atoms with Crippen LogP contribution in [0.25, 0.3) is 6.08 Å². The average Bonchev–Trinajstić information content (AvgIpc) is 2.58. The van der Waals surface area contributed by atoms with Gasteiger partial charge in [0.15, 0.2) is 0 Å². The quantitative estimate of drug-likeness (QED) is 0.777. The molecule has 1 aromatic heterocycles. The zero-order valence-electron chi connectivity index (χ0n) is 13.8. The zero-order valence-corrected chi connectivity index (χ0v) is 13.8. The van der Waals surface area contributed by atoms with E-state index in [1.807, 2.05) is 0 Å². The maximum atomic E-state index is 13.5. The van der Waals surface area contributed by atoms with Gasteiger partial charge in [-0.1, -0.05) is 0 Å². The Kier molecular flexibility index (Phi) is 6.39. The van der Waals surface area contributed by atoms with Gasteiger partial charge in [-0.3, -0.25) is 4.79 Å². The van der Waals surface area contributed by atoms with Crippen LogP contribution in [0.1, 0.15) is 19.4 Å². The molecule has 132 valence electrons. The lowest BCUT2D eigenvalue weighted by Gasteiger charge is -2.10. The lowest BCUT2D eigenvalue weighted by Crippen LogP contribution is -2.11. The molecule has 0 bridgehead atoms. The number of carbonyl (C=O) groups is 1. The van der Waals surface area contributed by atoms with Crippen molar-refractivity contribution >= 4 is 17.7 Å². The van der Waals surface area contributed by atoms with Crippen LogP contribution in [0.2, 0.25) is 0 Å². The molecule has 0 fully saturated rings. The summed E-state index contributed by atoms with van der Waals surface area (Å²) in [5.74, 6) is -1.65. The number of hydrogen-bond acceptors (Lipinski definition) is 5. The Morgan fingerprint density at radius 1 is 1.24 bits per heavy atom. The Labute approximate surface area is 143 Å². The largest absolute Gasteiger partial charge is 0.476 e. The van der Waals surface area contributed by atoms with E-state index in [0.717, 1.165) is 24.3 Å². The van der Waals surface area contributed by atoms with E-state index in [-0.39, 0.29) is 23.1 Å². The van der Waals surface area contributed by atoms with Gasteiger partial charge in [0, 0.05) is 11.6 Å². The second-order valence-electron chi connectivity index (χ2n) is 4.73. The predicted molar refractivity (Wildman–Crippen MR) is 88.4 cm³/mol. The summed E-state index contributed by atoms with van der Waals surface area (Å²) in [6, 6.07) is 3.10. The van der Waals surface area contributed by atoms with Crippen molar-refractivity contribution in [1.82, 2.24) is 9.97 Å². The van der Waals surface area contributed by atoms with Crippen LogP contribution >= 0.6 is 0 Å². The van der Waals surface area contributed by atoms with Gasteiger partial charge >= 0.3 is 6.01 Å². The van der Waals surface area contributed by atoms with E-state index in [1.54, 1.807) is 13.8 Å². The Morgan fingerprint density at radius 2 is 2.00 bits per heavy atom. The van der Waals surface area contributed by atoms with Gasteiger partial charge < -0.3 is 14.8 Å². The van der Waals surface area contributed by atoms with Crippen LogP contribution in [-0.4, -0.2) is 29.1 Å². The molecule has 6 nitrogen and oxygen atoms in total. The molecule has 2 rings (SSSR count). The van der Waals surface area contributed by atoms with Crippen molar-refractivity contribution in [2.75, 3.05) is 18.5 Å². The van der Waals surface area contributed by atoms with Crippen molar-refractivity contribution in [2.24, 2.45) is 0 Å². The van der Waals surface area contributed by atoms with E-state index in [2.05, 4.69) is 15.3 Å². The van der Waals surface area contributed by atoms with E-state index in [0.29, 0.717) is 13.2 Å². The number of rotatable bonds is 7. The summed E-state index contributed by atoms with van der Waals surface area (Å²) in [4.78, 5) is 20.0. The Bertz CT molecular complexity index is 782. The Hall–Kier alpha value is -3.03. The highest BCUT2D eigenvalue weighted by Crippen LogP contribution is 2.23. The van der Waals surface area contributed by atoms with E-state index in [4.69, 9.17) is 9.47 Å². The second kappa shape index (κ2) is 8.72. The molecule has 0 aliphatic rings. The molecular formula is C17H17F2N3O3. The fraction of sp³-hybridized carbons (Fsp3) is 0.235. The van der Waals surface area contributed by atoms with Crippen LogP contribution in [0.4, 0.5) is 14.5 Å².